The van der Waals surface area contributed by atoms with Crippen LogP contribution in [0.5, 0.6) is 5.75 Å². The van der Waals surface area contributed by atoms with Gasteiger partial charge in [-0.2, -0.15) is 0 Å². The highest BCUT2D eigenvalue weighted by molar-refractivity contribution is 6.29. The molecule has 0 aliphatic rings. The lowest BCUT2D eigenvalue weighted by Gasteiger charge is -2.13. The van der Waals surface area contributed by atoms with Crippen LogP contribution in [0.3, 0.4) is 0 Å². The van der Waals surface area contributed by atoms with Crippen LogP contribution in [0.4, 0.5) is 5.69 Å². The maximum atomic E-state index is 11.3. The molecule has 1 rings (SSSR count). The molecule has 0 unspecified atom stereocenters. The predicted molar refractivity (Wildman–Crippen MR) is 66.3 cm³/mol. The third-order valence-electron chi connectivity index (χ3n) is 2.08. The molecule has 1 N–H and O–H groups in total. The number of ether oxygens (including phenoxy) is 1. The van der Waals surface area contributed by atoms with Crippen LogP contribution in [0.15, 0.2) is 18.2 Å². The van der Waals surface area contributed by atoms with E-state index in [1.165, 1.54) is 0 Å². The van der Waals surface area contributed by atoms with Crippen molar-refractivity contribution in [3.8, 4) is 5.75 Å². The maximum Gasteiger partial charge on any atom is 0.239 e. The molecule has 0 bridgehead atoms. The minimum absolute atomic E-state index is 0.0540. The molecule has 0 aliphatic heterocycles. The van der Waals surface area contributed by atoms with E-state index in [2.05, 4.69) is 5.32 Å². The monoisotopic (exact) mass is 241 g/mol. The van der Waals surface area contributed by atoms with Crippen molar-refractivity contribution in [3.63, 3.8) is 0 Å². The molecule has 0 fully saturated rings. The first-order valence-electron chi connectivity index (χ1n) is 5.27. The highest BCUT2D eigenvalue weighted by atomic mass is 35.5. The van der Waals surface area contributed by atoms with Crippen LogP contribution in [-0.4, -0.2) is 18.4 Å². The summed E-state index contributed by atoms with van der Waals surface area (Å²) in [6.07, 6.45) is 0.927. The molecular formula is C12H16ClNO2. The van der Waals surface area contributed by atoms with E-state index in [1.54, 1.807) is 0 Å². The minimum Gasteiger partial charge on any atom is -0.491 e. The second kappa shape index (κ2) is 6.38. The van der Waals surface area contributed by atoms with E-state index in [-0.39, 0.29) is 11.8 Å². The van der Waals surface area contributed by atoms with Crippen LogP contribution in [0, 0.1) is 6.92 Å². The van der Waals surface area contributed by atoms with E-state index < -0.39 is 0 Å². The number of carbonyl (C=O) groups excluding carboxylic acids is 1. The van der Waals surface area contributed by atoms with Gasteiger partial charge in [0.05, 0.1) is 12.3 Å². The van der Waals surface area contributed by atoms with Crippen LogP contribution in [-0.2, 0) is 4.79 Å². The summed E-state index contributed by atoms with van der Waals surface area (Å²) in [5, 5.41) is 2.74. The first-order valence-corrected chi connectivity index (χ1v) is 5.80. The van der Waals surface area contributed by atoms with Crippen molar-refractivity contribution in [1.29, 1.82) is 0 Å². The second-order valence-corrected chi connectivity index (χ2v) is 3.75. The van der Waals surface area contributed by atoms with Gasteiger partial charge in [-0.25, -0.2) is 0 Å². The number of amides is 1. The number of para-hydroxylation sites is 1. The number of halogens is 1. The second-order valence-electron chi connectivity index (χ2n) is 3.48. The van der Waals surface area contributed by atoms with Crippen LogP contribution in [0.2, 0.25) is 0 Å². The topological polar surface area (TPSA) is 38.3 Å². The highest BCUT2D eigenvalue weighted by Crippen LogP contribution is 2.28. The predicted octanol–water partition coefficient (Wildman–Crippen LogP) is 2.96. The van der Waals surface area contributed by atoms with Gasteiger partial charge in [0, 0.05) is 0 Å². The molecule has 0 heterocycles. The van der Waals surface area contributed by atoms with Crippen LogP contribution < -0.4 is 10.1 Å². The van der Waals surface area contributed by atoms with Crippen molar-refractivity contribution < 1.29 is 9.53 Å². The fourth-order valence-electron chi connectivity index (χ4n) is 1.31. The molecule has 0 radical (unpaired) electrons. The van der Waals surface area contributed by atoms with E-state index in [1.807, 2.05) is 32.0 Å². The van der Waals surface area contributed by atoms with Crippen molar-refractivity contribution in [2.45, 2.75) is 20.3 Å². The summed E-state index contributed by atoms with van der Waals surface area (Å²) in [6, 6.07) is 5.66. The quantitative estimate of drug-likeness (QED) is 0.805. The Bertz CT molecular complexity index is 366. The van der Waals surface area contributed by atoms with Crippen molar-refractivity contribution in [3.05, 3.63) is 23.8 Å². The Kier molecular flexibility index (Phi) is 5.12. The molecule has 4 heteroatoms. The van der Waals surface area contributed by atoms with Crippen molar-refractivity contribution in [1.82, 2.24) is 0 Å². The summed E-state index contributed by atoms with van der Waals surface area (Å²) < 4.78 is 5.55. The molecule has 16 heavy (non-hydrogen) atoms. The summed E-state index contributed by atoms with van der Waals surface area (Å²) in [4.78, 5) is 11.3. The molecule has 0 atom stereocenters. The van der Waals surface area contributed by atoms with Gasteiger partial charge in [0.25, 0.3) is 0 Å². The van der Waals surface area contributed by atoms with E-state index in [0.717, 1.165) is 12.0 Å². The Morgan fingerprint density at radius 3 is 2.88 bits per heavy atom. The van der Waals surface area contributed by atoms with E-state index in [4.69, 9.17) is 16.3 Å². The summed E-state index contributed by atoms with van der Waals surface area (Å²) in [5.74, 6) is 0.416. The Balaban J connectivity index is 2.89. The zero-order chi connectivity index (χ0) is 12.0. The Labute approximate surface area is 101 Å². The third kappa shape index (κ3) is 3.42. The number of benzene rings is 1. The van der Waals surface area contributed by atoms with Gasteiger partial charge in [-0.1, -0.05) is 19.1 Å². The first-order chi connectivity index (χ1) is 7.69. The number of alkyl halides is 1. The molecule has 1 aromatic carbocycles. The summed E-state index contributed by atoms with van der Waals surface area (Å²) in [5.41, 5.74) is 1.67. The van der Waals surface area contributed by atoms with Gasteiger partial charge in [-0.05, 0) is 25.0 Å². The van der Waals surface area contributed by atoms with Gasteiger partial charge < -0.3 is 10.1 Å². The SMILES string of the molecule is CCCOc1cccc(C)c1NC(=O)CCl. The van der Waals surface area contributed by atoms with Crippen molar-refractivity contribution in [2.24, 2.45) is 0 Å². The number of hydrogen-bond donors (Lipinski definition) is 1. The van der Waals surface area contributed by atoms with Gasteiger partial charge >= 0.3 is 0 Å². The zero-order valence-electron chi connectivity index (χ0n) is 9.55. The molecule has 0 saturated heterocycles. The average Bonchev–Trinajstić information content (AvgIpc) is 2.29. The number of aryl methyl sites for hydroxylation is 1. The largest absolute Gasteiger partial charge is 0.491 e. The summed E-state index contributed by atoms with van der Waals surface area (Å²) in [7, 11) is 0. The smallest absolute Gasteiger partial charge is 0.239 e. The maximum absolute atomic E-state index is 11.3. The Morgan fingerprint density at radius 1 is 1.50 bits per heavy atom. The molecule has 0 aromatic heterocycles. The number of anilines is 1. The normalized spacial score (nSPS) is 9.94. The lowest BCUT2D eigenvalue weighted by Crippen LogP contribution is -2.14. The molecule has 0 saturated carbocycles. The molecule has 3 nitrogen and oxygen atoms in total. The minimum atomic E-state index is -0.225. The van der Waals surface area contributed by atoms with E-state index in [0.29, 0.717) is 18.0 Å². The molecular weight excluding hydrogens is 226 g/mol. The molecule has 1 aromatic rings. The molecule has 88 valence electrons. The third-order valence-corrected chi connectivity index (χ3v) is 2.32. The van der Waals surface area contributed by atoms with Gasteiger partial charge in [0.15, 0.2) is 0 Å². The van der Waals surface area contributed by atoms with Crippen molar-refractivity contribution in [2.75, 3.05) is 17.8 Å². The summed E-state index contributed by atoms with van der Waals surface area (Å²) in [6.45, 7) is 4.59. The fourth-order valence-corrected chi connectivity index (χ4v) is 1.37. The molecule has 0 spiro atoms. The lowest BCUT2D eigenvalue weighted by atomic mass is 10.2. The van der Waals surface area contributed by atoms with Crippen LogP contribution in [0.1, 0.15) is 18.9 Å². The van der Waals surface area contributed by atoms with E-state index in [9.17, 15) is 4.79 Å². The van der Waals surface area contributed by atoms with Gasteiger partial charge in [0.2, 0.25) is 5.91 Å². The highest BCUT2D eigenvalue weighted by Gasteiger charge is 2.09. The van der Waals surface area contributed by atoms with Crippen LogP contribution in [0.25, 0.3) is 0 Å². The Morgan fingerprint density at radius 2 is 2.25 bits per heavy atom. The standard InChI is InChI=1S/C12H16ClNO2/c1-3-7-16-10-6-4-5-9(2)12(10)14-11(15)8-13/h4-6H,3,7-8H2,1-2H3,(H,14,15). The number of hydrogen-bond acceptors (Lipinski definition) is 2. The van der Waals surface area contributed by atoms with Gasteiger partial charge in [-0.15, -0.1) is 11.6 Å². The first kappa shape index (κ1) is 12.8. The number of nitrogens with one attached hydrogen (secondary N) is 1. The zero-order valence-corrected chi connectivity index (χ0v) is 10.3. The van der Waals surface area contributed by atoms with Gasteiger partial charge in [0.1, 0.15) is 11.6 Å². The average molecular weight is 242 g/mol. The lowest BCUT2D eigenvalue weighted by molar-refractivity contribution is -0.113. The Hall–Kier alpha value is -1.22. The fraction of sp³-hybridized carbons (Fsp3) is 0.417. The molecule has 1 amide bonds. The van der Waals surface area contributed by atoms with Gasteiger partial charge in [-0.3, -0.25) is 4.79 Å². The number of rotatable bonds is 5. The summed E-state index contributed by atoms with van der Waals surface area (Å²) >= 11 is 5.46. The molecule has 0 aliphatic carbocycles. The van der Waals surface area contributed by atoms with Crippen molar-refractivity contribution >= 4 is 23.2 Å². The van der Waals surface area contributed by atoms with Crippen LogP contribution >= 0.6 is 11.6 Å². The number of carbonyl (C=O) groups is 1. The van der Waals surface area contributed by atoms with E-state index >= 15 is 0 Å².